The largest absolute Gasteiger partial charge is 0.394 e. The van der Waals surface area contributed by atoms with Crippen molar-refractivity contribution in [3.05, 3.63) is 0 Å². The first kappa shape index (κ1) is 16.8. The molecule has 104 valence electrons. The number of aliphatic hydroxyl groups is 1. The molecule has 0 aromatic rings. The van der Waals surface area contributed by atoms with E-state index in [1.54, 1.807) is 0 Å². The van der Waals surface area contributed by atoms with Gasteiger partial charge in [0.15, 0.2) is 0 Å². The first-order valence-electron chi connectivity index (χ1n) is 6.63. The Labute approximate surface area is 106 Å². The van der Waals surface area contributed by atoms with Gasteiger partial charge in [-0.3, -0.25) is 0 Å². The molecule has 0 saturated carbocycles. The van der Waals surface area contributed by atoms with Gasteiger partial charge in [0, 0.05) is 12.1 Å². The van der Waals surface area contributed by atoms with Gasteiger partial charge in [-0.15, -0.1) is 0 Å². The van der Waals surface area contributed by atoms with Crippen molar-refractivity contribution in [1.82, 2.24) is 5.32 Å². The predicted octanol–water partition coefficient (Wildman–Crippen LogP) is 1.57. The van der Waals surface area contributed by atoms with Crippen LogP contribution in [0.1, 0.15) is 40.5 Å². The van der Waals surface area contributed by atoms with E-state index in [9.17, 15) is 5.11 Å². The second-order valence-electron chi connectivity index (χ2n) is 4.73. The van der Waals surface area contributed by atoms with E-state index in [0.29, 0.717) is 13.2 Å². The van der Waals surface area contributed by atoms with Crippen LogP contribution in [-0.4, -0.2) is 49.7 Å². The van der Waals surface area contributed by atoms with Crippen LogP contribution in [0.5, 0.6) is 0 Å². The highest BCUT2D eigenvalue weighted by Crippen LogP contribution is 2.14. The van der Waals surface area contributed by atoms with Crippen molar-refractivity contribution in [3.8, 4) is 0 Å². The molecular weight excluding hydrogens is 218 g/mol. The molecule has 0 aliphatic heterocycles. The Morgan fingerprint density at radius 2 is 2.00 bits per heavy atom. The van der Waals surface area contributed by atoms with Crippen LogP contribution in [0.3, 0.4) is 0 Å². The zero-order valence-electron chi connectivity index (χ0n) is 11.8. The molecule has 17 heavy (non-hydrogen) atoms. The maximum atomic E-state index is 9.43. The van der Waals surface area contributed by atoms with Gasteiger partial charge in [-0.2, -0.15) is 0 Å². The van der Waals surface area contributed by atoms with Gasteiger partial charge < -0.3 is 19.9 Å². The molecule has 0 amide bonds. The maximum Gasteiger partial charge on any atom is 0.0704 e. The van der Waals surface area contributed by atoms with E-state index in [0.717, 1.165) is 26.0 Å². The second kappa shape index (κ2) is 9.83. The Hall–Kier alpha value is -0.160. The molecule has 0 rings (SSSR count). The Bertz CT molecular complexity index is 178. The average molecular weight is 247 g/mol. The summed E-state index contributed by atoms with van der Waals surface area (Å²) in [6.45, 7) is 11.2. The smallest absolute Gasteiger partial charge is 0.0704 e. The molecule has 0 spiro atoms. The molecule has 4 heteroatoms. The zero-order chi connectivity index (χ0) is 13.1. The van der Waals surface area contributed by atoms with Crippen molar-refractivity contribution in [1.29, 1.82) is 0 Å². The van der Waals surface area contributed by atoms with Gasteiger partial charge in [-0.1, -0.05) is 6.92 Å². The number of rotatable bonds is 11. The predicted molar refractivity (Wildman–Crippen MR) is 70.3 cm³/mol. The lowest BCUT2D eigenvalue weighted by atomic mass is 9.95. The third kappa shape index (κ3) is 8.55. The molecule has 0 aromatic carbocycles. The van der Waals surface area contributed by atoms with E-state index < -0.39 is 0 Å². The monoisotopic (exact) mass is 247 g/mol. The van der Waals surface area contributed by atoms with E-state index in [2.05, 4.69) is 12.2 Å². The van der Waals surface area contributed by atoms with Gasteiger partial charge in [0.05, 0.1) is 25.9 Å². The number of aliphatic hydroxyl groups excluding tert-OH is 1. The Kier molecular flexibility index (Phi) is 9.74. The van der Waals surface area contributed by atoms with Gasteiger partial charge in [-0.25, -0.2) is 0 Å². The van der Waals surface area contributed by atoms with Crippen molar-refractivity contribution >= 4 is 0 Å². The Morgan fingerprint density at radius 1 is 1.29 bits per heavy atom. The van der Waals surface area contributed by atoms with Crippen LogP contribution in [0, 0.1) is 0 Å². The highest BCUT2D eigenvalue weighted by atomic mass is 16.5. The van der Waals surface area contributed by atoms with Crippen LogP contribution in [0.4, 0.5) is 0 Å². The fraction of sp³-hybridized carbons (Fsp3) is 1.00. The third-order valence-electron chi connectivity index (χ3n) is 2.72. The molecule has 2 unspecified atom stereocenters. The summed E-state index contributed by atoms with van der Waals surface area (Å²) in [4.78, 5) is 0. The molecule has 2 N–H and O–H groups in total. The quantitative estimate of drug-likeness (QED) is 0.544. The first-order chi connectivity index (χ1) is 8.08. The summed E-state index contributed by atoms with van der Waals surface area (Å²) in [5.74, 6) is 0. The van der Waals surface area contributed by atoms with E-state index in [4.69, 9.17) is 9.47 Å². The minimum Gasteiger partial charge on any atom is -0.394 e. The van der Waals surface area contributed by atoms with Gasteiger partial charge in [0.2, 0.25) is 0 Å². The number of hydrogen-bond acceptors (Lipinski definition) is 4. The summed E-state index contributed by atoms with van der Waals surface area (Å²) in [6.07, 6.45) is 1.99. The molecule has 0 saturated heterocycles. The average Bonchev–Trinajstić information content (AvgIpc) is 2.32. The van der Waals surface area contributed by atoms with E-state index in [1.807, 2.05) is 20.8 Å². The van der Waals surface area contributed by atoms with E-state index >= 15 is 0 Å². The molecule has 0 radical (unpaired) electrons. The van der Waals surface area contributed by atoms with Gasteiger partial charge in [-0.05, 0) is 40.2 Å². The fourth-order valence-corrected chi connectivity index (χ4v) is 1.77. The van der Waals surface area contributed by atoms with Gasteiger partial charge in [0.25, 0.3) is 0 Å². The normalized spacial score (nSPS) is 16.8. The van der Waals surface area contributed by atoms with Crippen molar-refractivity contribution in [2.75, 3.05) is 33.0 Å². The maximum absolute atomic E-state index is 9.43. The van der Waals surface area contributed by atoms with Gasteiger partial charge >= 0.3 is 0 Å². The molecule has 2 atom stereocenters. The summed E-state index contributed by atoms with van der Waals surface area (Å²) >= 11 is 0. The molecule has 0 bridgehead atoms. The summed E-state index contributed by atoms with van der Waals surface area (Å²) < 4.78 is 10.9. The number of ether oxygens (including phenoxy) is 2. The van der Waals surface area contributed by atoms with Crippen LogP contribution in [0.2, 0.25) is 0 Å². The highest BCUT2D eigenvalue weighted by molar-refractivity contribution is 4.84. The Balaban J connectivity index is 3.83. The van der Waals surface area contributed by atoms with Gasteiger partial charge in [0.1, 0.15) is 0 Å². The number of hydrogen-bond donors (Lipinski definition) is 2. The molecule has 4 nitrogen and oxygen atoms in total. The topological polar surface area (TPSA) is 50.7 Å². The minimum atomic E-state index is -0.249. The molecule has 0 aromatic heterocycles. The molecule has 0 aliphatic carbocycles. The minimum absolute atomic E-state index is 0.122. The van der Waals surface area contributed by atoms with Crippen molar-refractivity contribution in [2.45, 2.75) is 52.2 Å². The highest BCUT2D eigenvalue weighted by Gasteiger charge is 2.25. The van der Waals surface area contributed by atoms with Crippen LogP contribution in [0.15, 0.2) is 0 Å². The van der Waals surface area contributed by atoms with E-state index in [-0.39, 0.29) is 18.2 Å². The standard InChI is InChI=1S/C13H29NO3/c1-5-7-14-13(4,11-15)10-12(3)17-9-8-16-6-2/h12,14-15H,5-11H2,1-4H3. The first-order valence-corrected chi connectivity index (χ1v) is 6.63. The van der Waals surface area contributed by atoms with Crippen molar-refractivity contribution in [2.24, 2.45) is 0 Å². The van der Waals surface area contributed by atoms with E-state index in [1.165, 1.54) is 0 Å². The van der Waals surface area contributed by atoms with Crippen LogP contribution < -0.4 is 5.32 Å². The second-order valence-corrected chi connectivity index (χ2v) is 4.73. The summed E-state index contributed by atoms with van der Waals surface area (Å²) in [5.41, 5.74) is -0.249. The summed E-state index contributed by atoms with van der Waals surface area (Å²) in [6, 6.07) is 0. The molecule has 0 aliphatic rings. The number of nitrogens with one attached hydrogen (secondary N) is 1. The lowest BCUT2D eigenvalue weighted by Crippen LogP contribution is -2.48. The third-order valence-corrected chi connectivity index (χ3v) is 2.72. The van der Waals surface area contributed by atoms with Crippen LogP contribution >= 0.6 is 0 Å². The van der Waals surface area contributed by atoms with Crippen LogP contribution in [-0.2, 0) is 9.47 Å². The summed E-state index contributed by atoms with van der Waals surface area (Å²) in [7, 11) is 0. The SMILES string of the molecule is CCCNC(C)(CO)CC(C)OCCOCC. The summed E-state index contributed by atoms with van der Waals surface area (Å²) in [5, 5.41) is 12.8. The van der Waals surface area contributed by atoms with Crippen LogP contribution in [0.25, 0.3) is 0 Å². The molecule has 0 fully saturated rings. The zero-order valence-corrected chi connectivity index (χ0v) is 11.8. The molecular formula is C13H29NO3. The Morgan fingerprint density at radius 3 is 2.53 bits per heavy atom. The fourth-order valence-electron chi connectivity index (χ4n) is 1.77. The lowest BCUT2D eigenvalue weighted by Gasteiger charge is -2.31. The lowest BCUT2D eigenvalue weighted by molar-refractivity contribution is -0.00482. The van der Waals surface area contributed by atoms with Crippen molar-refractivity contribution < 1.29 is 14.6 Å². The van der Waals surface area contributed by atoms with Crippen molar-refractivity contribution in [3.63, 3.8) is 0 Å². The molecule has 0 heterocycles.